The number of halogens is 1. The lowest BCUT2D eigenvalue weighted by Crippen LogP contribution is -2.31. The molecule has 1 heterocycles. The van der Waals surface area contributed by atoms with Crippen molar-refractivity contribution in [3.63, 3.8) is 0 Å². The first-order chi connectivity index (χ1) is 13.4. The van der Waals surface area contributed by atoms with Gasteiger partial charge in [-0.05, 0) is 55.3 Å². The van der Waals surface area contributed by atoms with Gasteiger partial charge in [0.1, 0.15) is 5.75 Å². The fraction of sp³-hybridized carbons (Fsp3) is 0.300. The second kappa shape index (κ2) is 8.74. The van der Waals surface area contributed by atoms with Crippen molar-refractivity contribution in [1.82, 2.24) is 4.31 Å². The van der Waals surface area contributed by atoms with Crippen LogP contribution >= 0.6 is 11.6 Å². The van der Waals surface area contributed by atoms with Gasteiger partial charge in [0.2, 0.25) is 10.0 Å². The Hall–Kier alpha value is -2.40. The summed E-state index contributed by atoms with van der Waals surface area (Å²) in [6.45, 7) is 1.03. The third-order valence-electron chi connectivity index (χ3n) is 4.56. The van der Waals surface area contributed by atoms with E-state index in [1.54, 1.807) is 0 Å². The minimum absolute atomic E-state index is 0.131. The van der Waals surface area contributed by atoms with Crippen LogP contribution in [0, 0.1) is 11.3 Å². The van der Waals surface area contributed by atoms with Gasteiger partial charge >= 0.3 is 5.97 Å². The minimum Gasteiger partial charge on any atom is -0.421 e. The molecule has 0 unspecified atom stereocenters. The lowest BCUT2D eigenvalue weighted by Gasteiger charge is -2.20. The maximum atomic E-state index is 12.8. The number of sulfonamides is 1. The van der Waals surface area contributed by atoms with E-state index in [9.17, 15) is 13.2 Å². The molecule has 1 saturated heterocycles. The number of hydrogen-bond acceptors (Lipinski definition) is 5. The molecule has 8 heteroatoms. The average molecular weight is 419 g/mol. The molecule has 2 aromatic rings. The van der Waals surface area contributed by atoms with Crippen LogP contribution in [-0.2, 0) is 10.0 Å². The van der Waals surface area contributed by atoms with Crippen molar-refractivity contribution in [2.75, 3.05) is 13.1 Å². The fourth-order valence-electron chi connectivity index (χ4n) is 3.01. The Labute approximate surface area is 169 Å². The molecule has 0 amide bonds. The molecule has 1 fully saturated rings. The topological polar surface area (TPSA) is 87.5 Å². The zero-order valence-corrected chi connectivity index (χ0v) is 16.7. The zero-order chi connectivity index (χ0) is 20.1. The fourth-order valence-corrected chi connectivity index (χ4v) is 4.74. The largest absolute Gasteiger partial charge is 0.421 e. The molecule has 0 saturated carbocycles. The first-order valence-corrected chi connectivity index (χ1v) is 10.8. The van der Waals surface area contributed by atoms with Gasteiger partial charge < -0.3 is 4.74 Å². The molecule has 0 aliphatic carbocycles. The van der Waals surface area contributed by atoms with Crippen molar-refractivity contribution in [3.8, 4) is 11.8 Å². The monoisotopic (exact) mass is 418 g/mol. The lowest BCUT2D eigenvalue weighted by molar-refractivity contribution is 0.0734. The molecule has 0 spiro atoms. The molecule has 0 bridgehead atoms. The highest BCUT2D eigenvalue weighted by atomic mass is 35.5. The van der Waals surface area contributed by atoms with Crippen molar-refractivity contribution in [2.24, 2.45) is 0 Å². The smallest absolute Gasteiger partial charge is 0.343 e. The van der Waals surface area contributed by atoms with Gasteiger partial charge in [0.25, 0.3) is 0 Å². The lowest BCUT2D eigenvalue weighted by atomic mass is 10.2. The Kier molecular flexibility index (Phi) is 6.35. The molecular weight excluding hydrogens is 400 g/mol. The Morgan fingerprint density at radius 2 is 1.68 bits per heavy atom. The Morgan fingerprint density at radius 1 is 1.04 bits per heavy atom. The molecule has 0 N–H and O–H groups in total. The molecule has 146 valence electrons. The number of hydrogen-bond donors (Lipinski definition) is 0. The highest BCUT2D eigenvalue weighted by molar-refractivity contribution is 7.89. The van der Waals surface area contributed by atoms with Crippen LogP contribution < -0.4 is 4.74 Å². The third-order valence-corrected chi connectivity index (χ3v) is 6.76. The summed E-state index contributed by atoms with van der Waals surface area (Å²) in [6, 6.07) is 12.0. The number of esters is 1. The molecule has 28 heavy (non-hydrogen) atoms. The summed E-state index contributed by atoms with van der Waals surface area (Å²) in [5, 5.41) is 8.99. The van der Waals surface area contributed by atoms with Crippen LogP contribution in [-0.4, -0.2) is 31.8 Å². The number of carbonyl (C=O) groups is 1. The van der Waals surface area contributed by atoms with Crippen LogP contribution in [0.25, 0.3) is 0 Å². The maximum absolute atomic E-state index is 12.8. The first kappa shape index (κ1) is 20.3. The Bertz CT molecular complexity index is 1010. The van der Waals surface area contributed by atoms with E-state index in [4.69, 9.17) is 21.6 Å². The summed E-state index contributed by atoms with van der Waals surface area (Å²) in [4.78, 5) is 12.5. The van der Waals surface area contributed by atoms with Crippen LogP contribution in [0.15, 0.2) is 47.4 Å². The van der Waals surface area contributed by atoms with Crippen LogP contribution in [0.2, 0.25) is 5.02 Å². The molecular formula is C20H19ClN2O4S. The van der Waals surface area contributed by atoms with Gasteiger partial charge in [-0.2, -0.15) is 9.57 Å². The summed E-state index contributed by atoms with van der Waals surface area (Å²) < 4.78 is 32.3. The number of nitrogens with zero attached hydrogens (tertiary/aromatic N) is 2. The van der Waals surface area contributed by atoms with Crippen molar-refractivity contribution in [3.05, 3.63) is 58.6 Å². The summed E-state index contributed by atoms with van der Waals surface area (Å²) >= 11 is 6.01. The minimum atomic E-state index is -3.57. The summed E-state index contributed by atoms with van der Waals surface area (Å²) in [5.41, 5.74) is 0.558. The summed E-state index contributed by atoms with van der Waals surface area (Å²) in [6.07, 6.45) is 3.79. The van der Waals surface area contributed by atoms with E-state index < -0.39 is 16.0 Å². The van der Waals surface area contributed by atoms with Gasteiger partial charge in [-0.15, -0.1) is 0 Å². The Balaban J connectivity index is 1.75. The van der Waals surface area contributed by atoms with Gasteiger partial charge in [0.15, 0.2) is 0 Å². The van der Waals surface area contributed by atoms with E-state index in [0.29, 0.717) is 18.7 Å². The molecule has 2 aromatic carbocycles. The van der Waals surface area contributed by atoms with Crippen molar-refractivity contribution in [1.29, 1.82) is 5.26 Å². The second-order valence-electron chi connectivity index (χ2n) is 6.49. The van der Waals surface area contributed by atoms with Gasteiger partial charge in [-0.1, -0.05) is 24.4 Å². The standard InChI is InChI=1S/C20H19ClN2O4S/c21-18-13-15(14-22)5-10-19(18)27-20(24)16-6-8-17(9-7-16)28(25,26)23-11-3-1-2-4-12-23/h5-10,13H,1-4,11-12H2. The van der Waals surface area contributed by atoms with Crippen LogP contribution in [0.1, 0.15) is 41.6 Å². The van der Waals surface area contributed by atoms with E-state index in [1.807, 2.05) is 6.07 Å². The molecule has 6 nitrogen and oxygen atoms in total. The van der Waals surface area contributed by atoms with E-state index in [2.05, 4.69) is 0 Å². The molecule has 3 rings (SSSR count). The van der Waals surface area contributed by atoms with Gasteiger partial charge in [-0.3, -0.25) is 0 Å². The predicted molar refractivity (Wildman–Crippen MR) is 105 cm³/mol. The third kappa shape index (κ3) is 4.53. The first-order valence-electron chi connectivity index (χ1n) is 8.94. The number of carbonyl (C=O) groups excluding carboxylic acids is 1. The summed E-state index contributed by atoms with van der Waals surface area (Å²) in [7, 11) is -3.57. The van der Waals surface area contributed by atoms with Crippen LogP contribution in [0.3, 0.4) is 0 Å². The highest BCUT2D eigenvalue weighted by Crippen LogP contribution is 2.26. The molecule has 0 radical (unpaired) electrons. The van der Waals surface area contributed by atoms with E-state index >= 15 is 0 Å². The van der Waals surface area contributed by atoms with E-state index in [1.165, 1.54) is 46.8 Å². The van der Waals surface area contributed by atoms with Gasteiger partial charge in [0, 0.05) is 13.1 Å². The second-order valence-corrected chi connectivity index (χ2v) is 8.83. The van der Waals surface area contributed by atoms with Crippen LogP contribution in [0.5, 0.6) is 5.75 Å². The van der Waals surface area contributed by atoms with E-state index in [-0.39, 0.29) is 21.2 Å². The van der Waals surface area contributed by atoms with E-state index in [0.717, 1.165) is 25.7 Å². The van der Waals surface area contributed by atoms with Crippen molar-refractivity contribution < 1.29 is 17.9 Å². The maximum Gasteiger partial charge on any atom is 0.343 e. The highest BCUT2D eigenvalue weighted by Gasteiger charge is 2.25. The predicted octanol–water partition coefficient (Wildman–Crippen LogP) is 4.00. The molecule has 0 aromatic heterocycles. The number of nitriles is 1. The SMILES string of the molecule is N#Cc1ccc(OC(=O)c2ccc(S(=O)(=O)N3CCCCCC3)cc2)c(Cl)c1. The Morgan fingerprint density at radius 3 is 2.25 bits per heavy atom. The van der Waals surface area contributed by atoms with Crippen molar-refractivity contribution in [2.45, 2.75) is 30.6 Å². The van der Waals surface area contributed by atoms with Gasteiger partial charge in [-0.25, -0.2) is 13.2 Å². The zero-order valence-electron chi connectivity index (χ0n) is 15.1. The number of benzene rings is 2. The summed E-state index contributed by atoms with van der Waals surface area (Å²) in [5.74, 6) is -0.530. The number of ether oxygens (including phenoxy) is 1. The average Bonchev–Trinajstić information content (AvgIpc) is 2.99. The van der Waals surface area contributed by atoms with Crippen LogP contribution in [0.4, 0.5) is 0 Å². The normalized spacial score (nSPS) is 15.4. The molecule has 0 atom stereocenters. The molecule has 1 aliphatic heterocycles. The quantitative estimate of drug-likeness (QED) is 0.553. The van der Waals surface area contributed by atoms with Crippen molar-refractivity contribution >= 4 is 27.6 Å². The number of rotatable bonds is 4. The molecule has 1 aliphatic rings. The van der Waals surface area contributed by atoms with Gasteiger partial charge in [0.05, 0.1) is 27.1 Å².